The van der Waals surface area contributed by atoms with Crippen LogP contribution in [0.25, 0.3) is 0 Å². The highest BCUT2D eigenvalue weighted by atomic mass is 79.9. The summed E-state index contributed by atoms with van der Waals surface area (Å²) in [5, 5.41) is 3.68. The Hall–Kier alpha value is 0.01000. The van der Waals surface area contributed by atoms with Crippen molar-refractivity contribution in [2.45, 2.75) is 37.1 Å². The molecule has 0 radical (unpaired) electrons. The van der Waals surface area contributed by atoms with E-state index in [1.807, 2.05) is 11.8 Å². The van der Waals surface area contributed by atoms with E-state index in [0.717, 1.165) is 12.5 Å². The second kappa shape index (κ2) is 6.81. The first-order valence-corrected chi connectivity index (χ1v) is 8.19. The van der Waals surface area contributed by atoms with Crippen molar-refractivity contribution in [2.75, 3.05) is 12.3 Å². The molecular formula is C14H20BrNS. The van der Waals surface area contributed by atoms with Crippen LogP contribution in [0.4, 0.5) is 0 Å². The van der Waals surface area contributed by atoms with E-state index in [2.05, 4.69) is 52.4 Å². The van der Waals surface area contributed by atoms with Gasteiger partial charge in [0, 0.05) is 21.2 Å². The van der Waals surface area contributed by atoms with Gasteiger partial charge in [-0.2, -0.15) is 0 Å². The lowest BCUT2D eigenvalue weighted by molar-refractivity contribution is 0.503. The van der Waals surface area contributed by atoms with Gasteiger partial charge in [0.25, 0.3) is 0 Å². The van der Waals surface area contributed by atoms with Crippen molar-refractivity contribution in [3.8, 4) is 0 Å². The summed E-state index contributed by atoms with van der Waals surface area (Å²) < 4.78 is 1.17. The summed E-state index contributed by atoms with van der Waals surface area (Å²) in [6.07, 6.45) is 4.06. The highest BCUT2D eigenvalue weighted by Gasteiger charge is 2.30. The molecule has 0 aliphatic heterocycles. The molecule has 1 nitrogen and oxygen atoms in total. The van der Waals surface area contributed by atoms with Crippen LogP contribution in [0.15, 0.2) is 33.6 Å². The van der Waals surface area contributed by atoms with Gasteiger partial charge in [0.15, 0.2) is 0 Å². The summed E-state index contributed by atoms with van der Waals surface area (Å²) in [6, 6.07) is 9.29. The smallest absolute Gasteiger partial charge is 0.0189 e. The number of thioether (sulfide) groups is 1. The fourth-order valence-electron chi connectivity index (χ4n) is 1.93. The van der Waals surface area contributed by atoms with Crippen LogP contribution in [0.1, 0.15) is 26.2 Å². The molecule has 0 aromatic heterocycles. The lowest BCUT2D eigenvalue weighted by Gasteiger charge is -2.17. The zero-order valence-corrected chi connectivity index (χ0v) is 12.7. The van der Waals surface area contributed by atoms with Crippen LogP contribution >= 0.6 is 27.7 Å². The third-order valence-electron chi connectivity index (χ3n) is 3.07. The summed E-state index contributed by atoms with van der Waals surface area (Å²) >= 11 is 5.49. The fraction of sp³-hybridized carbons (Fsp3) is 0.571. The first-order chi connectivity index (χ1) is 8.29. The summed E-state index contributed by atoms with van der Waals surface area (Å²) in [6.45, 7) is 3.39. The number of halogens is 1. The summed E-state index contributed by atoms with van der Waals surface area (Å²) in [7, 11) is 0. The third-order valence-corrected chi connectivity index (χ3v) is 4.68. The largest absolute Gasteiger partial charge is 0.313 e. The monoisotopic (exact) mass is 313 g/mol. The average molecular weight is 314 g/mol. The van der Waals surface area contributed by atoms with Gasteiger partial charge in [-0.25, -0.2) is 0 Å². The number of benzene rings is 1. The minimum absolute atomic E-state index is 0.707. The molecule has 2 rings (SSSR count). The summed E-state index contributed by atoms with van der Waals surface area (Å²) in [5.41, 5.74) is 0. The van der Waals surface area contributed by atoms with Gasteiger partial charge in [0.2, 0.25) is 0 Å². The molecule has 0 amide bonds. The molecule has 3 heteroatoms. The summed E-state index contributed by atoms with van der Waals surface area (Å²) in [4.78, 5) is 1.36. The molecule has 1 aromatic rings. The van der Waals surface area contributed by atoms with E-state index in [0.29, 0.717) is 6.04 Å². The van der Waals surface area contributed by atoms with Crippen molar-refractivity contribution >= 4 is 27.7 Å². The maximum atomic E-state index is 3.68. The Balaban J connectivity index is 1.82. The first-order valence-electron chi connectivity index (χ1n) is 6.41. The van der Waals surface area contributed by atoms with E-state index >= 15 is 0 Å². The van der Waals surface area contributed by atoms with Crippen molar-refractivity contribution in [1.29, 1.82) is 0 Å². The molecule has 1 N–H and O–H groups in total. The second-order valence-electron chi connectivity index (χ2n) is 4.67. The summed E-state index contributed by atoms with van der Waals surface area (Å²) in [5.74, 6) is 2.13. The lowest BCUT2D eigenvalue weighted by atomic mass is 10.2. The molecule has 94 valence electrons. The first kappa shape index (κ1) is 13.4. The molecule has 1 unspecified atom stereocenters. The van der Waals surface area contributed by atoms with Crippen LogP contribution in [0.2, 0.25) is 0 Å². The maximum Gasteiger partial charge on any atom is 0.0189 e. The molecule has 1 fully saturated rings. The van der Waals surface area contributed by atoms with Crippen molar-refractivity contribution < 1.29 is 0 Å². The van der Waals surface area contributed by atoms with Gasteiger partial charge in [-0.1, -0.05) is 28.9 Å². The minimum atomic E-state index is 0.707. The molecule has 0 spiro atoms. The van der Waals surface area contributed by atoms with Crippen LogP contribution in [-0.4, -0.2) is 18.3 Å². The van der Waals surface area contributed by atoms with Crippen molar-refractivity contribution in [2.24, 2.45) is 5.92 Å². The van der Waals surface area contributed by atoms with Crippen molar-refractivity contribution in [3.05, 3.63) is 28.7 Å². The zero-order valence-electron chi connectivity index (χ0n) is 10.3. The predicted octanol–water partition coefficient (Wildman–Crippen LogP) is 4.32. The molecule has 1 aliphatic carbocycles. The van der Waals surface area contributed by atoms with Crippen molar-refractivity contribution in [3.63, 3.8) is 0 Å². The molecule has 1 aliphatic rings. The predicted molar refractivity (Wildman–Crippen MR) is 79.7 cm³/mol. The Morgan fingerprint density at radius 1 is 1.47 bits per heavy atom. The molecule has 17 heavy (non-hydrogen) atoms. The molecule has 1 atom stereocenters. The van der Waals surface area contributed by atoms with Crippen LogP contribution in [0.3, 0.4) is 0 Å². The molecule has 1 aromatic carbocycles. The minimum Gasteiger partial charge on any atom is -0.313 e. The Bertz CT molecular complexity index is 352. The Labute approximate surface area is 117 Å². The number of rotatable bonds is 7. The van der Waals surface area contributed by atoms with Gasteiger partial charge < -0.3 is 5.32 Å². The van der Waals surface area contributed by atoms with Crippen LogP contribution in [0.5, 0.6) is 0 Å². The van der Waals surface area contributed by atoms with Crippen LogP contribution < -0.4 is 5.32 Å². The number of nitrogens with one attached hydrogen (secondary N) is 1. The van der Waals surface area contributed by atoms with Crippen molar-refractivity contribution in [1.82, 2.24) is 5.32 Å². The van der Waals surface area contributed by atoms with E-state index in [9.17, 15) is 0 Å². The number of hydrogen-bond acceptors (Lipinski definition) is 2. The van der Waals surface area contributed by atoms with Crippen LogP contribution in [0, 0.1) is 5.92 Å². The number of hydrogen-bond donors (Lipinski definition) is 1. The molecule has 0 bridgehead atoms. The van der Waals surface area contributed by atoms with Gasteiger partial charge in [0.1, 0.15) is 0 Å². The van der Waals surface area contributed by atoms with Gasteiger partial charge in [0.05, 0.1) is 0 Å². The molecule has 0 saturated heterocycles. The third kappa shape index (κ3) is 4.65. The molecule has 1 saturated carbocycles. The Morgan fingerprint density at radius 2 is 2.29 bits per heavy atom. The van der Waals surface area contributed by atoms with Gasteiger partial charge >= 0.3 is 0 Å². The Morgan fingerprint density at radius 3 is 2.94 bits per heavy atom. The standard InChI is InChI=1S/C14H20BrNS/c1-2-8-16-14(11-6-7-11)10-17-13-5-3-4-12(15)9-13/h3-5,9,11,14,16H,2,6-8,10H2,1H3. The van der Waals surface area contributed by atoms with E-state index in [1.165, 1.54) is 34.4 Å². The zero-order chi connectivity index (χ0) is 12.1. The second-order valence-corrected chi connectivity index (χ2v) is 6.68. The average Bonchev–Trinajstić information content (AvgIpc) is 3.13. The van der Waals surface area contributed by atoms with Gasteiger partial charge in [-0.3, -0.25) is 0 Å². The topological polar surface area (TPSA) is 12.0 Å². The quantitative estimate of drug-likeness (QED) is 0.752. The highest BCUT2D eigenvalue weighted by molar-refractivity contribution is 9.10. The van der Waals surface area contributed by atoms with Crippen LogP contribution in [-0.2, 0) is 0 Å². The Kier molecular flexibility index (Phi) is 5.39. The fourth-order valence-corrected chi connectivity index (χ4v) is 3.63. The molecule has 0 heterocycles. The van der Waals surface area contributed by atoms with E-state index in [4.69, 9.17) is 0 Å². The highest BCUT2D eigenvalue weighted by Crippen LogP contribution is 2.35. The SMILES string of the molecule is CCCNC(CSc1cccc(Br)c1)C1CC1. The normalized spacial score (nSPS) is 17.1. The van der Waals surface area contributed by atoms with E-state index in [1.54, 1.807) is 0 Å². The van der Waals surface area contributed by atoms with Gasteiger partial charge in [-0.05, 0) is 49.9 Å². The van der Waals surface area contributed by atoms with Gasteiger partial charge in [-0.15, -0.1) is 11.8 Å². The van der Waals surface area contributed by atoms with E-state index in [-0.39, 0.29) is 0 Å². The van der Waals surface area contributed by atoms with E-state index < -0.39 is 0 Å². The molecular weight excluding hydrogens is 294 g/mol. The lowest BCUT2D eigenvalue weighted by Crippen LogP contribution is -2.33. The maximum absolute atomic E-state index is 3.68.